The van der Waals surface area contributed by atoms with Crippen molar-refractivity contribution in [3.05, 3.63) is 12.2 Å². The van der Waals surface area contributed by atoms with Gasteiger partial charge in [0.05, 0.1) is 13.2 Å². The van der Waals surface area contributed by atoms with Gasteiger partial charge in [-0.05, 0) is 27.2 Å². The molecule has 17 heavy (non-hydrogen) atoms. The normalized spacial score (nSPS) is 13.2. The van der Waals surface area contributed by atoms with E-state index in [0.29, 0.717) is 6.42 Å². The molecule has 0 heterocycles. The molecule has 0 radical (unpaired) electrons. The van der Waals surface area contributed by atoms with Crippen LogP contribution >= 0.6 is 0 Å². The highest BCUT2D eigenvalue weighted by Crippen LogP contribution is 2.07. The SMILES string of the molecule is CCC(C=CC(=O)OC)NC(=O)OC(C)(C)C. The van der Waals surface area contributed by atoms with E-state index >= 15 is 0 Å². The number of hydrogen-bond acceptors (Lipinski definition) is 4. The lowest BCUT2D eigenvalue weighted by Gasteiger charge is -2.21. The molecule has 0 aliphatic rings. The summed E-state index contributed by atoms with van der Waals surface area (Å²) in [5.74, 6) is -0.450. The second-order valence-corrected chi connectivity index (χ2v) is 4.54. The van der Waals surface area contributed by atoms with Crippen LogP contribution < -0.4 is 5.32 Å². The molecule has 98 valence electrons. The number of hydrogen-bond donors (Lipinski definition) is 1. The summed E-state index contributed by atoms with van der Waals surface area (Å²) >= 11 is 0. The molecule has 0 aromatic rings. The van der Waals surface area contributed by atoms with Crippen molar-refractivity contribution < 1.29 is 19.1 Å². The average Bonchev–Trinajstić information content (AvgIpc) is 2.20. The molecule has 5 heteroatoms. The molecule has 0 aromatic carbocycles. The number of ether oxygens (including phenoxy) is 2. The Bertz CT molecular complexity index is 291. The third-order valence-electron chi connectivity index (χ3n) is 1.81. The van der Waals surface area contributed by atoms with Crippen LogP contribution in [0.2, 0.25) is 0 Å². The first-order chi connectivity index (χ1) is 7.78. The van der Waals surface area contributed by atoms with Crippen LogP contribution in [-0.4, -0.2) is 30.8 Å². The fourth-order valence-electron chi connectivity index (χ4n) is 1.01. The summed E-state index contributed by atoms with van der Waals surface area (Å²) in [6.07, 6.45) is 3.02. The summed E-state index contributed by atoms with van der Waals surface area (Å²) < 4.78 is 9.56. The van der Waals surface area contributed by atoms with E-state index in [0.717, 1.165) is 0 Å². The van der Waals surface area contributed by atoms with E-state index in [-0.39, 0.29) is 6.04 Å². The molecule has 0 spiro atoms. The van der Waals surface area contributed by atoms with Crippen LogP contribution in [0.25, 0.3) is 0 Å². The second kappa shape index (κ2) is 6.93. The van der Waals surface area contributed by atoms with Gasteiger partial charge in [-0.15, -0.1) is 0 Å². The minimum atomic E-state index is -0.533. The topological polar surface area (TPSA) is 64.6 Å². The summed E-state index contributed by atoms with van der Waals surface area (Å²) in [5.41, 5.74) is -0.533. The van der Waals surface area contributed by atoms with Crippen molar-refractivity contribution in [2.24, 2.45) is 0 Å². The largest absolute Gasteiger partial charge is 0.466 e. The Hall–Kier alpha value is -1.52. The monoisotopic (exact) mass is 243 g/mol. The smallest absolute Gasteiger partial charge is 0.408 e. The van der Waals surface area contributed by atoms with Gasteiger partial charge in [0.25, 0.3) is 0 Å². The Balaban J connectivity index is 4.27. The number of methoxy groups -OCH3 is 1. The minimum Gasteiger partial charge on any atom is -0.466 e. The molecule has 1 N–H and O–H groups in total. The molecule has 5 nitrogen and oxygen atoms in total. The number of carbonyl (C=O) groups excluding carboxylic acids is 2. The van der Waals surface area contributed by atoms with E-state index in [1.807, 2.05) is 6.92 Å². The molecule has 0 bridgehead atoms. The van der Waals surface area contributed by atoms with Gasteiger partial charge in [-0.25, -0.2) is 9.59 Å². The number of esters is 1. The summed E-state index contributed by atoms with van der Waals surface area (Å²) in [4.78, 5) is 22.4. The summed E-state index contributed by atoms with van der Waals surface area (Å²) in [7, 11) is 1.30. The van der Waals surface area contributed by atoms with Crippen LogP contribution in [0.1, 0.15) is 34.1 Å². The predicted octanol–water partition coefficient (Wildman–Crippen LogP) is 2.02. The lowest BCUT2D eigenvalue weighted by atomic mass is 10.2. The minimum absolute atomic E-state index is 0.246. The highest BCUT2D eigenvalue weighted by atomic mass is 16.6. The zero-order chi connectivity index (χ0) is 13.5. The highest BCUT2D eigenvalue weighted by Gasteiger charge is 2.17. The van der Waals surface area contributed by atoms with Gasteiger partial charge in [-0.3, -0.25) is 0 Å². The highest BCUT2D eigenvalue weighted by molar-refractivity contribution is 5.82. The second-order valence-electron chi connectivity index (χ2n) is 4.54. The molecule has 0 fully saturated rings. The number of alkyl carbamates (subject to hydrolysis) is 1. The number of amides is 1. The van der Waals surface area contributed by atoms with Gasteiger partial charge in [0, 0.05) is 6.08 Å². The van der Waals surface area contributed by atoms with Crippen LogP contribution in [0.3, 0.4) is 0 Å². The zero-order valence-corrected chi connectivity index (χ0v) is 11.1. The van der Waals surface area contributed by atoms with Crippen molar-refractivity contribution in [2.75, 3.05) is 7.11 Å². The molecule has 0 aromatic heterocycles. The van der Waals surface area contributed by atoms with Crippen LogP contribution in [0.15, 0.2) is 12.2 Å². The molecular weight excluding hydrogens is 222 g/mol. The van der Waals surface area contributed by atoms with Crippen LogP contribution in [-0.2, 0) is 14.3 Å². The molecule has 1 atom stereocenters. The third kappa shape index (κ3) is 8.30. The van der Waals surface area contributed by atoms with Crippen LogP contribution in [0, 0.1) is 0 Å². The van der Waals surface area contributed by atoms with Crippen molar-refractivity contribution in [3.63, 3.8) is 0 Å². The van der Waals surface area contributed by atoms with Crippen LogP contribution in [0.5, 0.6) is 0 Å². The summed E-state index contributed by atoms with van der Waals surface area (Å²) in [5, 5.41) is 2.65. The van der Waals surface area contributed by atoms with E-state index in [1.54, 1.807) is 26.8 Å². The number of nitrogens with one attached hydrogen (secondary N) is 1. The fraction of sp³-hybridized carbons (Fsp3) is 0.667. The Kier molecular flexibility index (Phi) is 6.31. The quantitative estimate of drug-likeness (QED) is 0.606. The van der Waals surface area contributed by atoms with E-state index in [4.69, 9.17) is 4.74 Å². The molecule has 1 amide bonds. The van der Waals surface area contributed by atoms with Gasteiger partial charge in [0.15, 0.2) is 0 Å². The van der Waals surface area contributed by atoms with Gasteiger partial charge in [-0.1, -0.05) is 13.0 Å². The summed E-state index contributed by atoms with van der Waals surface area (Å²) in [6, 6.07) is -0.246. The van der Waals surface area contributed by atoms with Gasteiger partial charge in [0.1, 0.15) is 5.60 Å². The fourth-order valence-corrected chi connectivity index (χ4v) is 1.01. The van der Waals surface area contributed by atoms with E-state index in [9.17, 15) is 9.59 Å². The molecular formula is C12H21NO4. The van der Waals surface area contributed by atoms with Crippen molar-refractivity contribution in [1.82, 2.24) is 5.32 Å². The van der Waals surface area contributed by atoms with Crippen molar-refractivity contribution in [3.8, 4) is 0 Å². The van der Waals surface area contributed by atoms with E-state index in [1.165, 1.54) is 13.2 Å². The maximum Gasteiger partial charge on any atom is 0.408 e. The lowest BCUT2D eigenvalue weighted by Crippen LogP contribution is -2.38. The van der Waals surface area contributed by atoms with Gasteiger partial charge in [0.2, 0.25) is 0 Å². The molecule has 0 aliphatic heterocycles. The maximum atomic E-state index is 11.5. The van der Waals surface area contributed by atoms with Crippen molar-refractivity contribution in [1.29, 1.82) is 0 Å². The van der Waals surface area contributed by atoms with E-state index in [2.05, 4.69) is 10.1 Å². The molecule has 1 unspecified atom stereocenters. The maximum absolute atomic E-state index is 11.5. The third-order valence-corrected chi connectivity index (χ3v) is 1.81. The Labute approximate surface area is 102 Å². The predicted molar refractivity (Wildman–Crippen MR) is 64.6 cm³/mol. The molecule has 0 saturated carbocycles. The number of rotatable bonds is 4. The van der Waals surface area contributed by atoms with Gasteiger partial charge >= 0.3 is 12.1 Å². The molecule has 0 rings (SSSR count). The summed E-state index contributed by atoms with van der Waals surface area (Å²) in [6.45, 7) is 7.26. The first-order valence-corrected chi connectivity index (χ1v) is 5.54. The Morgan fingerprint density at radius 2 is 1.94 bits per heavy atom. The van der Waals surface area contributed by atoms with Crippen molar-refractivity contribution >= 4 is 12.1 Å². The van der Waals surface area contributed by atoms with Crippen molar-refractivity contribution in [2.45, 2.75) is 45.8 Å². The average molecular weight is 243 g/mol. The van der Waals surface area contributed by atoms with E-state index < -0.39 is 17.7 Å². The van der Waals surface area contributed by atoms with Crippen LogP contribution in [0.4, 0.5) is 4.79 Å². The first-order valence-electron chi connectivity index (χ1n) is 5.54. The first kappa shape index (κ1) is 15.5. The van der Waals surface area contributed by atoms with Gasteiger partial charge < -0.3 is 14.8 Å². The number of carbonyl (C=O) groups is 2. The standard InChI is InChI=1S/C12H21NO4/c1-6-9(7-8-10(14)16-5)13-11(15)17-12(2,3)4/h7-9H,6H2,1-5H3,(H,13,15). The lowest BCUT2D eigenvalue weighted by molar-refractivity contribution is -0.134. The van der Waals surface area contributed by atoms with Gasteiger partial charge in [-0.2, -0.15) is 0 Å². The Morgan fingerprint density at radius 1 is 1.35 bits per heavy atom. The molecule has 0 saturated heterocycles. The molecule has 0 aliphatic carbocycles. The zero-order valence-electron chi connectivity index (χ0n) is 11.1. The Morgan fingerprint density at radius 3 is 2.35 bits per heavy atom.